The summed E-state index contributed by atoms with van der Waals surface area (Å²) >= 11 is 0. The van der Waals surface area contributed by atoms with Crippen LogP contribution in [0, 0.1) is 0 Å². The molecule has 0 fully saturated rings. The Labute approximate surface area is 175 Å². The minimum absolute atomic E-state index is 0.0584. The largest absolute Gasteiger partial charge is 0.425 e. The Kier molecular flexibility index (Phi) is 5.08. The van der Waals surface area contributed by atoms with Gasteiger partial charge in [-0.15, -0.1) is 0 Å². The molecule has 0 saturated carbocycles. The van der Waals surface area contributed by atoms with Gasteiger partial charge in [0.25, 0.3) is 17.7 Å². The van der Waals surface area contributed by atoms with Crippen LogP contribution in [0.5, 0.6) is 5.75 Å². The van der Waals surface area contributed by atoms with Crippen molar-refractivity contribution in [1.29, 1.82) is 0 Å². The van der Waals surface area contributed by atoms with Crippen LogP contribution in [0.2, 0.25) is 0 Å². The zero-order valence-corrected chi connectivity index (χ0v) is 16.3. The predicted molar refractivity (Wildman–Crippen MR) is 108 cm³/mol. The zero-order valence-electron chi connectivity index (χ0n) is 16.3. The monoisotopic (exact) mass is 420 g/mol. The highest BCUT2D eigenvalue weighted by Crippen LogP contribution is 2.24. The maximum absolute atomic E-state index is 12.4. The molecule has 0 bridgehead atoms. The van der Waals surface area contributed by atoms with Gasteiger partial charge in [0.15, 0.2) is 0 Å². The van der Waals surface area contributed by atoms with E-state index in [1.807, 2.05) is 0 Å². The number of benzene rings is 2. The van der Waals surface area contributed by atoms with Crippen LogP contribution in [0.4, 0.5) is 0 Å². The highest BCUT2D eigenvalue weighted by molar-refractivity contribution is 6.22. The van der Waals surface area contributed by atoms with Crippen molar-refractivity contribution in [1.82, 2.24) is 10.2 Å². The van der Waals surface area contributed by atoms with E-state index in [0.29, 0.717) is 11.9 Å². The quantitative estimate of drug-likeness (QED) is 0.289. The summed E-state index contributed by atoms with van der Waals surface area (Å²) in [6, 6.07) is 12.0. The molecule has 3 aromatic rings. The van der Waals surface area contributed by atoms with Crippen LogP contribution in [-0.4, -0.2) is 41.7 Å². The molecule has 9 heteroatoms. The zero-order chi connectivity index (χ0) is 22.1. The van der Waals surface area contributed by atoms with Gasteiger partial charge in [0, 0.05) is 18.0 Å². The maximum Gasteiger partial charge on any atom is 0.349 e. The third-order valence-corrected chi connectivity index (χ3v) is 4.69. The fourth-order valence-corrected chi connectivity index (χ4v) is 3.24. The summed E-state index contributed by atoms with van der Waals surface area (Å²) in [5.41, 5.74) is -0.381. The van der Waals surface area contributed by atoms with Crippen molar-refractivity contribution in [2.45, 2.75) is 6.92 Å². The number of esters is 1. The number of hydrogen-bond donors (Lipinski definition) is 1. The Balaban J connectivity index is 1.51. The second-order valence-electron chi connectivity index (χ2n) is 6.72. The minimum Gasteiger partial charge on any atom is -0.425 e. The van der Waals surface area contributed by atoms with Crippen LogP contribution in [0.25, 0.3) is 11.0 Å². The maximum atomic E-state index is 12.4. The number of nitrogens with one attached hydrogen (secondary N) is 1. The van der Waals surface area contributed by atoms with Crippen LogP contribution in [0.15, 0.2) is 57.7 Å². The smallest absolute Gasteiger partial charge is 0.349 e. The van der Waals surface area contributed by atoms with Crippen molar-refractivity contribution in [3.05, 3.63) is 75.6 Å². The fourth-order valence-electron chi connectivity index (χ4n) is 3.24. The summed E-state index contributed by atoms with van der Waals surface area (Å²) in [5, 5.41) is 2.98. The van der Waals surface area contributed by atoms with Gasteiger partial charge in [0.1, 0.15) is 23.4 Å². The van der Waals surface area contributed by atoms with Crippen molar-refractivity contribution in [2.75, 3.05) is 13.1 Å². The van der Waals surface area contributed by atoms with E-state index in [4.69, 9.17) is 9.15 Å². The molecule has 2 aromatic carbocycles. The Hall–Kier alpha value is -4.27. The van der Waals surface area contributed by atoms with Gasteiger partial charge in [-0.2, -0.15) is 0 Å². The molecule has 0 saturated heterocycles. The Morgan fingerprint density at radius 2 is 1.68 bits per heavy atom. The lowest BCUT2D eigenvalue weighted by molar-refractivity contribution is -0.134. The van der Waals surface area contributed by atoms with Gasteiger partial charge in [-0.1, -0.05) is 12.1 Å². The summed E-state index contributed by atoms with van der Waals surface area (Å²) < 4.78 is 10.4. The van der Waals surface area contributed by atoms with E-state index in [0.717, 1.165) is 4.90 Å². The Morgan fingerprint density at radius 3 is 2.32 bits per heavy atom. The first kappa shape index (κ1) is 20.0. The molecule has 3 amide bonds. The summed E-state index contributed by atoms with van der Waals surface area (Å²) in [4.78, 5) is 61.8. The second-order valence-corrected chi connectivity index (χ2v) is 6.72. The number of nitrogens with zero attached hydrogens (tertiary/aromatic N) is 1. The highest BCUT2D eigenvalue weighted by Gasteiger charge is 2.36. The molecule has 0 atom stereocenters. The lowest BCUT2D eigenvalue weighted by Crippen LogP contribution is -2.36. The third-order valence-electron chi connectivity index (χ3n) is 4.69. The molecular weight excluding hydrogens is 404 g/mol. The first-order valence-corrected chi connectivity index (χ1v) is 9.41. The number of fused-ring (bicyclic) bond motifs is 2. The summed E-state index contributed by atoms with van der Waals surface area (Å²) in [7, 11) is 0. The number of amides is 3. The molecule has 1 aliphatic heterocycles. The van der Waals surface area contributed by atoms with Gasteiger partial charge in [-0.3, -0.25) is 19.3 Å². The predicted octanol–water partition coefficient (Wildman–Crippen LogP) is 1.74. The van der Waals surface area contributed by atoms with E-state index in [1.165, 1.54) is 36.4 Å². The molecule has 4 rings (SSSR count). The fraction of sp³-hybridized carbons (Fsp3) is 0.136. The number of carbonyl (C=O) groups is 4. The first-order chi connectivity index (χ1) is 14.9. The molecule has 1 N–H and O–H groups in total. The van der Waals surface area contributed by atoms with E-state index in [-0.39, 0.29) is 28.0 Å². The van der Waals surface area contributed by atoms with Gasteiger partial charge in [-0.25, -0.2) is 9.59 Å². The van der Waals surface area contributed by atoms with Crippen LogP contribution < -0.4 is 15.7 Å². The molecule has 31 heavy (non-hydrogen) atoms. The Morgan fingerprint density at radius 1 is 1.00 bits per heavy atom. The average molecular weight is 420 g/mol. The van der Waals surface area contributed by atoms with Crippen molar-refractivity contribution in [3.8, 4) is 5.75 Å². The van der Waals surface area contributed by atoms with E-state index in [2.05, 4.69) is 5.32 Å². The van der Waals surface area contributed by atoms with E-state index in [1.54, 1.807) is 19.1 Å². The SMILES string of the molecule is CCNC(=O)c1cc2ccc(OC(=O)CN3C(=O)c4ccccc4C3=O)cc2oc1=O. The molecule has 1 aromatic heterocycles. The normalized spacial score (nSPS) is 12.7. The molecule has 0 unspecified atom stereocenters. The van der Waals surface area contributed by atoms with E-state index < -0.39 is 35.9 Å². The van der Waals surface area contributed by atoms with Gasteiger partial charge in [0.05, 0.1) is 11.1 Å². The number of ether oxygens (including phenoxy) is 1. The van der Waals surface area contributed by atoms with Crippen molar-refractivity contribution >= 4 is 34.7 Å². The molecule has 9 nitrogen and oxygen atoms in total. The molecule has 0 spiro atoms. The highest BCUT2D eigenvalue weighted by atomic mass is 16.5. The number of hydrogen-bond acceptors (Lipinski definition) is 7. The Bertz CT molecular complexity index is 1270. The molecule has 1 aliphatic rings. The van der Waals surface area contributed by atoms with Gasteiger partial charge in [-0.05, 0) is 37.3 Å². The first-order valence-electron chi connectivity index (χ1n) is 9.41. The molecule has 156 valence electrons. The molecule has 0 radical (unpaired) electrons. The standard InChI is InChI=1S/C22H16N2O7/c1-2-23-19(26)16-9-12-7-8-13(10-17(12)31-22(16)29)30-18(25)11-24-20(27)14-5-3-4-6-15(14)21(24)28/h3-10H,2,11H2,1H3,(H,23,26). The van der Waals surface area contributed by atoms with Crippen LogP contribution in [0.3, 0.4) is 0 Å². The average Bonchev–Trinajstić information content (AvgIpc) is 2.98. The van der Waals surface area contributed by atoms with Crippen LogP contribution in [-0.2, 0) is 4.79 Å². The van der Waals surface area contributed by atoms with Crippen molar-refractivity contribution in [3.63, 3.8) is 0 Å². The number of rotatable bonds is 5. The third kappa shape index (κ3) is 3.68. The van der Waals surface area contributed by atoms with E-state index in [9.17, 15) is 24.0 Å². The summed E-state index contributed by atoms with van der Waals surface area (Å²) in [5.74, 6) is -2.47. The van der Waals surface area contributed by atoms with Crippen LogP contribution in [0.1, 0.15) is 38.0 Å². The summed E-state index contributed by atoms with van der Waals surface area (Å²) in [6.07, 6.45) is 0. The van der Waals surface area contributed by atoms with E-state index >= 15 is 0 Å². The lowest BCUT2D eigenvalue weighted by atomic mass is 10.1. The van der Waals surface area contributed by atoms with Gasteiger partial charge < -0.3 is 14.5 Å². The van der Waals surface area contributed by atoms with Crippen LogP contribution >= 0.6 is 0 Å². The van der Waals surface area contributed by atoms with Gasteiger partial charge in [0.2, 0.25) is 0 Å². The summed E-state index contributed by atoms with van der Waals surface area (Å²) in [6.45, 7) is 1.52. The number of carbonyl (C=O) groups excluding carboxylic acids is 4. The van der Waals surface area contributed by atoms with Crippen molar-refractivity contribution in [2.24, 2.45) is 0 Å². The lowest BCUT2D eigenvalue weighted by Gasteiger charge is -2.13. The topological polar surface area (TPSA) is 123 Å². The number of imide groups is 1. The van der Waals surface area contributed by atoms with Crippen molar-refractivity contribution < 1.29 is 28.3 Å². The molecular formula is C22H16N2O7. The molecule has 0 aliphatic carbocycles. The minimum atomic E-state index is -0.838. The second kappa shape index (κ2) is 7.86. The molecule has 2 heterocycles. The van der Waals surface area contributed by atoms with Gasteiger partial charge >= 0.3 is 11.6 Å².